The van der Waals surface area contributed by atoms with E-state index in [0.29, 0.717) is 6.42 Å². The van der Waals surface area contributed by atoms with Gasteiger partial charge < -0.3 is 5.11 Å². The number of hydrogen-bond donors (Lipinski definition) is 1. The van der Waals surface area contributed by atoms with Crippen molar-refractivity contribution < 1.29 is 13.9 Å². The average molecular weight is 138 g/mol. The topological polar surface area (TPSA) is 20.2 Å². The van der Waals surface area contributed by atoms with Gasteiger partial charge in [0, 0.05) is 13.0 Å². The lowest BCUT2D eigenvalue weighted by molar-refractivity contribution is 0.0912. The molecule has 1 unspecified atom stereocenters. The average Bonchev–Trinajstić information content (AvgIpc) is 1.82. The SMILES string of the molecule is CCC(CO)CC(F)F. The van der Waals surface area contributed by atoms with Crippen molar-refractivity contribution in [3.8, 4) is 0 Å². The Morgan fingerprint density at radius 1 is 1.44 bits per heavy atom. The molecule has 0 aliphatic rings. The van der Waals surface area contributed by atoms with Crippen LogP contribution in [0.25, 0.3) is 0 Å². The molecule has 56 valence electrons. The minimum Gasteiger partial charge on any atom is -0.396 e. The van der Waals surface area contributed by atoms with E-state index in [-0.39, 0.29) is 18.9 Å². The van der Waals surface area contributed by atoms with E-state index in [1.807, 2.05) is 0 Å². The fourth-order valence-corrected chi connectivity index (χ4v) is 0.622. The van der Waals surface area contributed by atoms with Crippen molar-refractivity contribution in [2.24, 2.45) is 5.92 Å². The number of rotatable bonds is 4. The predicted octanol–water partition coefficient (Wildman–Crippen LogP) is 1.66. The first kappa shape index (κ1) is 8.82. The van der Waals surface area contributed by atoms with Gasteiger partial charge in [0.1, 0.15) is 0 Å². The molecule has 0 rings (SSSR count). The maximum absolute atomic E-state index is 11.5. The third-order valence-electron chi connectivity index (χ3n) is 1.35. The molecule has 0 aromatic heterocycles. The Hall–Kier alpha value is -0.180. The molecule has 3 heteroatoms. The molecule has 1 atom stereocenters. The Kier molecular flexibility index (Phi) is 4.58. The third-order valence-corrected chi connectivity index (χ3v) is 1.35. The minimum atomic E-state index is -2.28. The first-order valence-electron chi connectivity index (χ1n) is 3.09. The summed E-state index contributed by atoms with van der Waals surface area (Å²) < 4.78 is 23.1. The van der Waals surface area contributed by atoms with Crippen LogP contribution in [0.15, 0.2) is 0 Å². The van der Waals surface area contributed by atoms with Crippen LogP contribution in [-0.4, -0.2) is 18.1 Å². The molecule has 0 aliphatic heterocycles. The van der Waals surface area contributed by atoms with Gasteiger partial charge in [0.2, 0.25) is 6.43 Å². The lowest BCUT2D eigenvalue weighted by Gasteiger charge is -2.08. The molecule has 0 fully saturated rings. The van der Waals surface area contributed by atoms with Crippen LogP contribution in [0.4, 0.5) is 8.78 Å². The van der Waals surface area contributed by atoms with Gasteiger partial charge in [-0.25, -0.2) is 8.78 Å². The summed E-state index contributed by atoms with van der Waals surface area (Å²) in [6, 6.07) is 0. The van der Waals surface area contributed by atoms with Gasteiger partial charge in [-0.1, -0.05) is 13.3 Å². The molecule has 0 saturated heterocycles. The van der Waals surface area contributed by atoms with Crippen LogP contribution in [0, 0.1) is 5.92 Å². The minimum absolute atomic E-state index is 0.124. The Bertz CT molecular complexity index is 62.1. The van der Waals surface area contributed by atoms with Crippen molar-refractivity contribution in [2.75, 3.05) is 6.61 Å². The van der Waals surface area contributed by atoms with Crippen LogP contribution in [0.5, 0.6) is 0 Å². The Labute approximate surface area is 53.7 Å². The van der Waals surface area contributed by atoms with E-state index >= 15 is 0 Å². The summed E-state index contributed by atoms with van der Waals surface area (Å²) in [6.45, 7) is 1.67. The predicted molar refractivity (Wildman–Crippen MR) is 31.5 cm³/mol. The van der Waals surface area contributed by atoms with Crippen LogP contribution in [-0.2, 0) is 0 Å². The van der Waals surface area contributed by atoms with Crippen LogP contribution in [0.2, 0.25) is 0 Å². The van der Waals surface area contributed by atoms with Crippen molar-refractivity contribution >= 4 is 0 Å². The summed E-state index contributed by atoms with van der Waals surface area (Å²) in [5, 5.41) is 8.44. The summed E-state index contributed by atoms with van der Waals surface area (Å²) in [4.78, 5) is 0. The van der Waals surface area contributed by atoms with E-state index in [4.69, 9.17) is 5.11 Å². The molecule has 0 heterocycles. The molecule has 0 amide bonds. The molecular formula is C6H12F2O. The second-order valence-electron chi connectivity index (χ2n) is 2.08. The van der Waals surface area contributed by atoms with Crippen molar-refractivity contribution in [3.63, 3.8) is 0 Å². The molecule has 9 heavy (non-hydrogen) atoms. The van der Waals surface area contributed by atoms with E-state index in [1.165, 1.54) is 0 Å². The lowest BCUT2D eigenvalue weighted by atomic mass is 10.0. The monoisotopic (exact) mass is 138 g/mol. The molecular weight excluding hydrogens is 126 g/mol. The molecule has 0 saturated carbocycles. The maximum Gasteiger partial charge on any atom is 0.239 e. The van der Waals surface area contributed by atoms with E-state index in [1.54, 1.807) is 6.92 Å². The molecule has 0 aromatic rings. The molecule has 0 aliphatic carbocycles. The quantitative estimate of drug-likeness (QED) is 0.626. The molecule has 0 radical (unpaired) electrons. The van der Waals surface area contributed by atoms with Crippen LogP contribution in [0.3, 0.4) is 0 Å². The fourth-order valence-electron chi connectivity index (χ4n) is 0.622. The summed E-state index contributed by atoms with van der Waals surface area (Å²) in [5.41, 5.74) is 0. The summed E-state index contributed by atoms with van der Waals surface area (Å²) in [5.74, 6) is -0.218. The second-order valence-corrected chi connectivity index (χ2v) is 2.08. The number of alkyl halides is 2. The second kappa shape index (κ2) is 4.68. The van der Waals surface area contributed by atoms with Gasteiger partial charge >= 0.3 is 0 Å². The number of halogens is 2. The van der Waals surface area contributed by atoms with Crippen LogP contribution >= 0.6 is 0 Å². The smallest absolute Gasteiger partial charge is 0.239 e. The number of aliphatic hydroxyl groups is 1. The molecule has 0 aromatic carbocycles. The Morgan fingerprint density at radius 3 is 2.11 bits per heavy atom. The van der Waals surface area contributed by atoms with Crippen molar-refractivity contribution in [3.05, 3.63) is 0 Å². The summed E-state index contributed by atoms with van der Waals surface area (Å²) in [6.07, 6.45) is -1.82. The highest BCUT2D eigenvalue weighted by Crippen LogP contribution is 2.12. The van der Waals surface area contributed by atoms with Gasteiger partial charge in [0.25, 0.3) is 0 Å². The van der Waals surface area contributed by atoms with Crippen molar-refractivity contribution in [1.29, 1.82) is 0 Å². The molecule has 1 N–H and O–H groups in total. The zero-order valence-electron chi connectivity index (χ0n) is 5.48. The zero-order chi connectivity index (χ0) is 7.28. The van der Waals surface area contributed by atoms with Gasteiger partial charge in [-0.05, 0) is 5.92 Å². The zero-order valence-corrected chi connectivity index (χ0v) is 5.48. The molecule has 1 nitrogen and oxygen atoms in total. The first-order chi connectivity index (χ1) is 4.20. The largest absolute Gasteiger partial charge is 0.396 e. The summed E-state index contributed by atoms with van der Waals surface area (Å²) >= 11 is 0. The van der Waals surface area contributed by atoms with Gasteiger partial charge in [0.05, 0.1) is 0 Å². The standard InChI is InChI=1S/C6H12F2O/c1-2-5(4-9)3-6(7)8/h5-6,9H,2-4H2,1H3. The van der Waals surface area contributed by atoms with Gasteiger partial charge in [-0.3, -0.25) is 0 Å². The van der Waals surface area contributed by atoms with E-state index in [0.717, 1.165) is 0 Å². The fraction of sp³-hybridized carbons (Fsp3) is 1.00. The normalized spacial score (nSPS) is 14.3. The third kappa shape index (κ3) is 4.33. The van der Waals surface area contributed by atoms with Gasteiger partial charge in [0.15, 0.2) is 0 Å². The van der Waals surface area contributed by atoms with Gasteiger partial charge in [-0.2, -0.15) is 0 Å². The van der Waals surface area contributed by atoms with E-state index in [9.17, 15) is 8.78 Å². The van der Waals surface area contributed by atoms with Crippen molar-refractivity contribution in [1.82, 2.24) is 0 Å². The Morgan fingerprint density at radius 2 is 2.00 bits per heavy atom. The number of aliphatic hydroxyl groups excluding tert-OH is 1. The highest BCUT2D eigenvalue weighted by Gasteiger charge is 2.11. The van der Waals surface area contributed by atoms with Gasteiger partial charge in [-0.15, -0.1) is 0 Å². The molecule has 0 spiro atoms. The van der Waals surface area contributed by atoms with E-state index in [2.05, 4.69) is 0 Å². The van der Waals surface area contributed by atoms with Crippen LogP contribution < -0.4 is 0 Å². The number of hydrogen-bond acceptors (Lipinski definition) is 1. The highest BCUT2D eigenvalue weighted by molar-refractivity contribution is 4.55. The first-order valence-corrected chi connectivity index (χ1v) is 3.09. The van der Waals surface area contributed by atoms with E-state index < -0.39 is 6.43 Å². The Balaban J connectivity index is 3.31. The van der Waals surface area contributed by atoms with Crippen molar-refractivity contribution in [2.45, 2.75) is 26.2 Å². The summed E-state index contributed by atoms with van der Waals surface area (Å²) in [7, 11) is 0. The van der Waals surface area contributed by atoms with Crippen LogP contribution in [0.1, 0.15) is 19.8 Å². The maximum atomic E-state index is 11.5. The lowest BCUT2D eigenvalue weighted by Crippen LogP contribution is -2.08. The molecule has 0 bridgehead atoms. The highest BCUT2D eigenvalue weighted by atomic mass is 19.3.